The number of fused-ring (bicyclic) bond motifs is 1. The summed E-state index contributed by atoms with van der Waals surface area (Å²) in [5.41, 5.74) is 18.9. The molecule has 0 aliphatic carbocycles. The van der Waals surface area contributed by atoms with Crippen molar-refractivity contribution >= 4 is 24.8 Å². The van der Waals surface area contributed by atoms with Gasteiger partial charge in [0.1, 0.15) is 7.85 Å². The summed E-state index contributed by atoms with van der Waals surface area (Å²) in [6, 6.07) is 6.05. The Labute approximate surface area is 157 Å². The molecule has 2 aromatic rings. The quantitative estimate of drug-likeness (QED) is 0.350. The first-order valence-corrected chi connectivity index (χ1v) is 9.67. The van der Waals surface area contributed by atoms with Crippen LogP contribution in [-0.4, -0.2) is 18.0 Å². The molecule has 1 aromatic carbocycles. The first-order chi connectivity index (χ1) is 12.5. The minimum absolute atomic E-state index is 0.00179. The molecule has 3 rings (SSSR count). The molecule has 0 radical (unpaired) electrons. The second-order valence-corrected chi connectivity index (χ2v) is 7.50. The number of benzene rings is 1. The lowest BCUT2D eigenvalue weighted by Gasteiger charge is -2.29. The van der Waals surface area contributed by atoms with Crippen molar-refractivity contribution in [3.8, 4) is 0 Å². The molecule has 6 N–H and O–H groups in total. The molecule has 1 unspecified atom stereocenters. The van der Waals surface area contributed by atoms with E-state index in [2.05, 4.69) is 43.3 Å². The van der Waals surface area contributed by atoms with E-state index in [0.717, 1.165) is 58.2 Å². The third-order valence-corrected chi connectivity index (χ3v) is 5.71. The van der Waals surface area contributed by atoms with Crippen molar-refractivity contribution in [1.82, 2.24) is 10.2 Å². The molecule has 0 amide bonds. The Hall–Kier alpha value is -2.37. The minimum Gasteiger partial charge on any atom is -0.400 e. The Morgan fingerprint density at radius 1 is 1.23 bits per heavy atom. The topological polar surface area (TPSA) is 92.8 Å². The lowest BCUT2D eigenvalue weighted by Crippen LogP contribution is -2.28. The summed E-state index contributed by atoms with van der Waals surface area (Å²) in [5, 5.41) is 10.8. The zero-order valence-electron chi connectivity index (χ0n) is 16.1. The predicted molar refractivity (Wildman–Crippen MR) is 112 cm³/mol. The van der Waals surface area contributed by atoms with Gasteiger partial charge in [-0.15, -0.1) is 0 Å². The van der Waals surface area contributed by atoms with Crippen molar-refractivity contribution in [3.63, 3.8) is 0 Å². The molecule has 1 aliphatic heterocycles. The van der Waals surface area contributed by atoms with Crippen LogP contribution in [0, 0.1) is 5.92 Å². The van der Waals surface area contributed by atoms with Crippen LogP contribution in [0.3, 0.4) is 0 Å². The van der Waals surface area contributed by atoms with Gasteiger partial charge in [0.25, 0.3) is 0 Å². The average Bonchev–Trinajstić information content (AvgIpc) is 3.09. The zero-order chi connectivity index (χ0) is 18.7. The van der Waals surface area contributed by atoms with Crippen molar-refractivity contribution in [2.24, 2.45) is 11.7 Å². The molecule has 0 saturated heterocycles. The van der Waals surface area contributed by atoms with Crippen LogP contribution >= 0.6 is 0 Å². The highest BCUT2D eigenvalue weighted by Crippen LogP contribution is 2.39. The normalized spacial score (nSPS) is 17.7. The lowest BCUT2D eigenvalue weighted by atomic mass is 9.77. The first-order valence-electron chi connectivity index (χ1n) is 9.67. The molecule has 1 aliphatic rings. The molecule has 6 heteroatoms. The van der Waals surface area contributed by atoms with Gasteiger partial charge in [-0.05, 0) is 30.4 Å². The molecule has 26 heavy (non-hydrogen) atoms. The van der Waals surface area contributed by atoms with Crippen LogP contribution in [0.25, 0.3) is 0 Å². The molecular weight excluding hydrogens is 321 g/mol. The number of hydrogen-bond acceptors (Lipinski definition) is 4. The van der Waals surface area contributed by atoms with Crippen molar-refractivity contribution in [1.29, 1.82) is 0 Å². The number of nitrogens with zero attached hydrogens (tertiary/aromatic N) is 1. The summed E-state index contributed by atoms with van der Waals surface area (Å²) in [6.45, 7) is 4.58. The van der Waals surface area contributed by atoms with Gasteiger partial charge in [0.2, 0.25) is 0 Å². The number of H-pyrrole nitrogens is 1. The third-order valence-electron chi connectivity index (χ3n) is 5.71. The number of aromatic amines is 1. The van der Waals surface area contributed by atoms with Crippen LogP contribution in [0.15, 0.2) is 35.8 Å². The number of nitrogens with two attached hydrogens (primary N) is 2. The molecular formula is C20H30BN5. The van der Waals surface area contributed by atoms with E-state index >= 15 is 0 Å². The Morgan fingerprint density at radius 2 is 2.04 bits per heavy atom. The number of unbranched alkanes of at least 4 members (excludes halogenated alkanes) is 1. The molecule has 0 bridgehead atoms. The van der Waals surface area contributed by atoms with Crippen molar-refractivity contribution in [2.45, 2.75) is 51.9 Å². The van der Waals surface area contributed by atoms with Crippen LogP contribution in [-0.2, 0) is 0 Å². The SMILES string of the molecule is Bc1c(N)cccc1C1C(N)=C(CCCC[C@H](C)CC)Nc2n[nH]cc21. The van der Waals surface area contributed by atoms with E-state index in [9.17, 15) is 0 Å². The smallest absolute Gasteiger partial charge is 0.156 e. The molecule has 5 nitrogen and oxygen atoms in total. The molecule has 2 atom stereocenters. The fourth-order valence-electron chi connectivity index (χ4n) is 3.70. The fraction of sp³-hybridized carbons (Fsp3) is 0.450. The molecule has 2 heterocycles. The van der Waals surface area contributed by atoms with Gasteiger partial charge in [-0.25, -0.2) is 0 Å². The van der Waals surface area contributed by atoms with E-state index in [-0.39, 0.29) is 5.92 Å². The average molecular weight is 351 g/mol. The Kier molecular flexibility index (Phi) is 5.59. The number of rotatable bonds is 7. The van der Waals surface area contributed by atoms with Gasteiger partial charge in [-0.3, -0.25) is 5.10 Å². The standard InChI is InChI=1S/C20H30BN5/c1-3-12(2)7-4-5-10-16-19(23)17(14-11-24-26-20(14)25-16)13-8-6-9-15(22)18(13)21/h6,8-9,11-12,17H,3-5,7,10,21-23H2,1-2H3,(H2,24,25,26)/t12-,17?/m1/s1. The zero-order valence-corrected chi connectivity index (χ0v) is 16.1. The third kappa shape index (κ3) is 3.59. The Balaban J connectivity index is 1.85. The Morgan fingerprint density at radius 3 is 2.81 bits per heavy atom. The van der Waals surface area contributed by atoms with Crippen molar-refractivity contribution < 1.29 is 0 Å². The summed E-state index contributed by atoms with van der Waals surface area (Å²) < 4.78 is 0. The maximum atomic E-state index is 6.65. The van der Waals surface area contributed by atoms with E-state index in [1.165, 1.54) is 19.3 Å². The van der Waals surface area contributed by atoms with Crippen LogP contribution in [0.2, 0.25) is 0 Å². The highest BCUT2D eigenvalue weighted by molar-refractivity contribution is 6.36. The largest absolute Gasteiger partial charge is 0.400 e. The van der Waals surface area contributed by atoms with Crippen LogP contribution in [0.5, 0.6) is 0 Å². The molecule has 1 aromatic heterocycles. The number of nitrogens with one attached hydrogen (secondary N) is 2. The van der Waals surface area contributed by atoms with E-state index in [1.54, 1.807) is 0 Å². The van der Waals surface area contributed by atoms with Gasteiger partial charge >= 0.3 is 0 Å². The highest BCUT2D eigenvalue weighted by Gasteiger charge is 2.30. The number of anilines is 2. The fourth-order valence-corrected chi connectivity index (χ4v) is 3.70. The molecule has 138 valence electrons. The summed E-state index contributed by atoms with van der Waals surface area (Å²) in [6.07, 6.45) is 7.76. The van der Waals surface area contributed by atoms with Crippen LogP contribution < -0.4 is 22.2 Å². The number of hydrogen-bond donors (Lipinski definition) is 4. The van der Waals surface area contributed by atoms with Gasteiger partial charge in [-0.1, -0.05) is 50.7 Å². The van der Waals surface area contributed by atoms with E-state index < -0.39 is 0 Å². The summed E-state index contributed by atoms with van der Waals surface area (Å²) in [4.78, 5) is 0. The maximum Gasteiger partial charge on any atom is 0.156 e. The van der Waals surface area contributed by atoms with Crippen molar-refractivity contribution in [3.05, 3.63) is 46.9 Å². The van der Waals surface area contributed by atoms with Gasteiger partial charge < -0.3 is 16.8 Å². The number of aromatic nitrogens is 2. The van der Waals surface area contributed by atoms with Gasteiger partial charge in [0.15, 0.2) is 5.82 Å². The Bertz CT molecular complexity index is 795. The molecule has 0 saturated carbocycles. The predicted octanol–water partition coefficient (Wildman–Crippen LogP) is 2.58. The summed E-state index contributed by atoms with van der Waals surface area (Å²) in [7, 11) is 2.06. The molecule has 0 spiro atoms. The van der Waals surface area contributed by atoms with Crippen LogP contribution in [0.4, 0.5) is 11.5 Å². The number of allylic oxidation sites excluding steroid dienone is 2. The van der Waals surface area contributed by atoms with Crippen LogP contribution in [0.1, 0.15) is 63.0 Å². The maximum absolute atomic E-state index is 6.65. The second kappa shape index (κ2) is 7.89. The van der Waals surface area contributed by atoms with E-state index in [1.807, 2.05) is 18.3 Å². The van der Waals surface area contributed by atoms with E-state index in [4.69, 9.17) is 11.5 Å². The minimum atomic E-state index is -0.00179. The van der Waals surface area contributed by atoms with Gasteiger partial charge in [-0.2, -0.15) is 5.10 Å². The van der Waals surface area contributed by atoms with Gasteiger partial charge in [0.05, 0.1) is 5.92 Å². The number of nitrogen functional groups attached to an aromatic ring is 1. The monoisotopic (exact) mass is 351 g/mol. The first kappa shape index (κ1) is 18.4. The van der Waals surface area contributed by atoms with Crippen molar-refractivity contribution in [2.75, 3.05) is 11.1 Å². The second-order valence-electron chi connectivity index (χ2n) is 7.50. The summed E-state index contributed by atoms with van der Waals surface area (Å²) >= 11 is 0. The van der Waals surface area contributed by atoms with E-state index in [0.29, 0.717) is 0 Å². The van der Waals surface area contributed by atoms with Gasteiger partial charge in [0, 0.05) is 28.8 Å². The highest BCUT2D eigenvalue weighted by atomic mass is 15.2. The molecule has 0 fully saturated rings. The summed E-state index contributed by atoms with van der Waals surface area (Å²) in [5.74, 6) is 1.67. The lowest BCUT2D eigenvalue weighted by molar-refractivity contribution is 0.484.